The van der Waals surface area contributed by atoms with Crippen molar-refractivity contribution in [1.82, 2.24) is 4.57 Å². The summed E-state index contributed by atoms with van der Waals surface area (Å²) < 4.78 is 7.47. The fourth-order valence-electron chi connectivity index (χ4n) is 1.47. The van der Waals surface area contributed by atoms with Crippen molar-refractivity contribution < 1.29 is 4.42 Å². The summed E-state index contributed by atoms with van der Waals surface area (Å²) in [6.45, 7) is 2.18. The molecule has 0 radical (unpaired) electrons. The Labute approximate surface area is 77.8 Å². The van der Waals surface area contributed by atoms with Gasteiger partial charge in [0.2, 0.25) is 0 Å². The van der Waals surface area contributed by atoms with Crippen molar-refractivity contribution in [3.05, 3.63) is 48.7 Å². The Morgan fingerprint density at radius 1 is 1.31 bits per heavy atom. The SMILES string of the molecule is CC(Cc1ccco1)n1cccc1. The Morgan fingerprint density at radius 3 is 2.69 bits per heavy atom. The summed E-state index contributed by atoms with van der Waals surface area (Å²) in [4.78, 5) is 0. The van der Waals surface area contributed by atoms with Crippen LogP contribution in [0.15, 0.2) is 47.3 Å². The van der Waals surface area contributed by atoms with Gasteiger partial charge in [-0.3, -0.25) is 0 Å². The second-order valence-corrected chi connectivity index (χ2v) is 3.26. The van der Waals surface area contributed by atoms with Crippen LogP contribution in [0.2, 0.25) is 0 Å². The van der Waals surface area contributed by atoms with Crippen LogP contribution in [0, 0.1) is 0 Å². The van der Waals surface area contributed by atoms with Crippen molar-refractivity contribution in [2.24, 2.45) is 0 Å². The highest BCUT2D eigenvalue weighted by atomic mass is 16.3. The molecule has 68 valence electrons. The van der Waals surface area contributed by atoms with Crippen LogP contribution in [0.4, 0.5) is 0 Å². The van der Waals surface area contributed by atoms with Crippen molar-refractivity contribution >= 4 is 0 Å². The molecule has 0 aliphatic rings. The van der Waals surface area contributed by atoms with E-state index >= 15 is 0 Å². The fraction of sp³-hybridized carbons (Fsp3) is 0.273. The third-order valence-electron chi connectivity index (χ3n) is 2.21. The fourth-order valence-corrected chi connectivity index (χ4v) is 1.47. The lowest BCUT2D eigenvalue weighted by atomic mass is 10.2. The van der Waals surface area contributed by atoms with Gasteiger partial charge in [-0.25, -0.2) is 0 Å². The first kappa shape index (κ1) is 8.17. The normalized spacial score (nSPS) is 13.0. The van der Waals surface area contributed by atoms with Crippen LogP contribution in [0.3, 0.4) is 0 Å². The highest BCUT2D eigenvalue weighted by Crippen LogP contribution is 2.13. The van der Waals surface area contributed by atoms with Crippen LogP contribution < -0.4 is 0 Å². The number of hydrogen-bond donors (Lipinski definition) is 0. The van der Waals surface area contributed by atoms with Gasteiger partial charge >= 0.3 is 0 Å². The molecule has 1 atom stereocenters. The molecule has 2 aromatic rings. The maximum Gasteiger partial charge on any atom is 0.105 e. The largest absolute Gasteiger partial charge is 0.469 e. The molecule has 2 aromatic heterocycles. The van der Waals surface area contributed by atoms with Crippen LogP contribution in [0.1, 0.15) is 18.7 Å². The van der Waals surface area contributed by atoms with Crippen LogP contribution in [-0.2, 0) is 6.42 Å². The number of furan rings is 1. The molecule has 1 unspecified atom stereocenters. The molecule has 2 heteroatoms. The maximum absolute atomic E-state index is 5.29. The highest BCUT2D eigenvalue weighted by molar-refractivity contribution is 5.01. The van der Waals surface area contributed by atoms with Crippen LogP contribution in [-0.4, -0.2) is 4.57 Å². The molecule has 2 rings (SSSR count). The van der Waals surface area contributed by atoms with Crippen molar-refractivity contribution in [3.63, 3.8) is 0 Å². The third kappa shape index (κ3) is 1.83. The second kappa shape index (κ2) is 3.52. The van der Waals surface area contributed by atoms with E-state index in [0.29, 0.717) is 6.04 Å². The summed E-state index contributed by atoms with van der Waals surface area (Å²) in [5, 5.41) is 0. The first-order valence-electron chi connectivity index (χ1n) is 4.51. The van der Waals surface area contributed by atoms with Crippen molar-refractivity contribution in [2.45, 2.75) is 19.4 Å². The zero-order chi connectivity index (χ0) is 9.10. The lowest BCUT2D eigenvalue weighted by Crippen LogP contribution is -2.04. The van der Waals surface area contributed by atoms with Crippen molar-refractivity contribution in [3.8, 4) is 0 Å². The number of aromatic nitrogens is 1. The topological polar surface area (TPSA) is 18.1 Å². The van der Waals surface area contributed by atoms with E-state index in [2.05, 4.69) is 23.9 Å². The Balaban J connectivity index is 2.04. The first-order chi connectivity index (χ1) is 6.36. The smallest absolute Gasteiger partial charge is 0.105 e. The van der Waals surface area contributed by atoms with E-state index in [9.17, 15) is 0 Å². The Morgan fingerprint density at radius 2 is 2.08 bits per heavy atom. The zero-order valence-corrected chi connectivity index (χ0v) is 7.68. The average molecular weight is 175 g/mol. The standard InChI is InChI=1S/C11H13NO/c1-10(12-6-2-3-7-12)9-11-5-4-8-13-11/h2-8,10H,9H2,1H3. The van der Waals surface area contributed by atoms with Crippen LogP contribution in [0.5, 0.6) is 0 Å². The second-order valence-electron chi connectivity index (χ2n) is 3.26. The predicted molar refractivity (Wildman–Crippen MR) is 51.6 cm³/mol. The average Bonchev–Trinajstić information content (AvgIpc) is 2.74. The lowest BCUT2D eigenvalue weighted by Gasteiger charge is -2.11. The van der Waals surface area contributed by atoms with Gasteiger partial charge in [-0.15, -0.1) is 0 Å². The van der Waals surface area contributed by atoms with Gasteiger partial charge in [0, 0.05) is 24.9 Å². The molecule has 0 N–H and O–H groups in total. The molecule has 0 amide bonds. The molecule has 0 saturated carbocycles. The van der Waals surface area contributed by atoms with Gasteiger partial charge in [-0.05, 0) is 31.2 Å². The molecule has 0 fully saturated rings. The number of hydrogen-bond acceptors (Lipinski definition) is 1. The monoisotopic (exact) mass is 175 g/mol. The zero-order valence-electron chi connectivity index (χ0n) is 7.68. The third-order valence-corrected chi connectivity index (χ3v) is 2.21. The Kier molecular flexibility index (Phi) is 2.21. The number of rotatable bonds is 3. The quantitative estimate of drug-likeness (QED) is 0.701. The molecule has 0 aliphatic heterocycles. The minimum Gasteiger partial charge on any atom is -0.469 e. The molecule has 13 heavy (non-hydrogen) atoms. The van der Waals surface area contributed by atoms with E-state index in [1.54, 1.807) is 6.26 Å². The van der Waals surface area contributed by atoms with Gasteiger partial charge in [0.15, 0.2) is 0 Å². The summed E-state index contributed by atoms with van der Waals surface area (Å²) in [6.07, 6.45) is 6.82. The molecule has 0 bridgehead atoms. The summed E-state index contributed by atoms with van der Waals surface area (Å²) in [6, 6.07) is 8.48. The Hall–Kier alpha value is -1.44. The van der Waals surface area contributed by atoms with Gasteiger partial charge in [0.05, 0.1) is 6.26 Å². The molecule has 2 heterocycles. The summed E-state index contributed by atoms with van der Waals surface area (Å²) in [7, 11) is 0. The first-order valence-corrected chi connectivity index (χ1v) is 4.51. The van der Waals surface area contributed by atoms with Gasteiger partial charge < -0.3 is 8.98 Å². The molecule has 0 aliphatic carbocycles. The van der Waals surface area contributed by atoms with Crippen molar-refractivity contribution in [1.29, 1.82) is 0 Å². The molecule has 0 aromatic carbocycles. The van der Waals surface area contributed by atoms with E-state index in [1.807, 2.05) is 24.3 Å². The van der Waals surface area contributed by atoms with Gasteiger partial charge in [-0.2, -0.15) is 0 Å². The van der Waals surface area contributed by atoms with E-state index in [4.69, 9.17) is 4.42 Å². The van der Waals surface area contributed by atoms with Gasteiger partial charge in [0.1, 0.15) is 5.76 Å². The lowest BCUT2D eigenvalue weighted by molar-refractivity contribution is 0.449. The minimum absolute atomic E-state index is 0.459. The van der Waals surface area contributed by atoms with Crippen molar-refractivity contribution in [2.75, 3.05) is 0 Å². The molecular formula is C11H13NO. The number of nitrogens with zero attached hydrogens (tertiary/aromatic N) is 1. The van der Waals surface area contributed by atoms with E-state index in [-0.39, 0.29) is 0 Å². The Bertz CT molecular complexity index is 334. The summed E-state index contributed by atoms with van der Waals surface area (Å²) in [5.41, 5.74) is 0. The van der Waals surface area contributed by atoms with Gasteiger partial charge in [-0.1, -0.05) is 0 Å². The predicted octanol–water partition coefficient (Wildman–Crippen LogP) is 2.88. The van der Waals surface area contributed by atoms with Crippen LogP contribution >= 0.6 is 0 Å². The maximum atomic E-state index is 5.29. The highest BCUT2D eigenvalue weighted by Gasteiger charge is 2.05. The van der Waals surface area contributed by atoms with Crippen LogP contribution in [0.25, 0.3) is 0 Å². The summed E-state index contributed by atoms with van der Waals surface area (Å²) in [5.74, 6) is 1.04. The van der Waals surface area contributed by atoms with Gasteiger partial charge in [0.25, 0.3) is 0 Å². The minimum atomic E-state index is 0.459. The summed E-state index contributed by atoms with van der Waals surface area (Å²) >= 11 is 0. The van der Waals surface area contributed by atoms with E-state index in [1.165, 1.54) is 0 Å². The molecular weight excluding hydrogens is 162 g/mol. The molecule has 2 nitrogen and oxygen atoms in total. The molecule has 0 spiro atoms. The molecule has 0 saturated heterocycles. The van der Waals surface area contributed by atoms with E-state index in [0.717, 1.165) is 12.2 Å². The van der Waals surface area contributed by atoms with E-state index < -0.39 is 0 Å².